The average Bonchev–Trinajstić information content (AvgIpc) is 2.70. The van der Waals surface area contributed by atoms with Gasteiger partial charge in [-0.15, -0.1) is 0 Å². The predicted octanol–water partition coefficient (Wildman–Crippen LogP) is 2.02. The van der Waals surface area contributed by atoms with Gasteiger partial charge >= 0.3 is 0 Å². The molecule has 0 aromatic heterocycles. The second-order valence-electron chi connectivity index (χ2n) is 3.34. The monoisotopic (exact) mass is 212 g/mol. The van der Waals surface area contributed by atoms with Crippen molar-refractivity contribution in [1.29, 1.82) is 0 Å². The van der Waals surface area contributed by atoms with Crippen LogP contribution in [0.15, 0.2) is 36.4 Å². The van der Waals surface area contributed by atoms with Gasteiger partial charge in [0.2, 0.25) is 0 Å². The van der Waals surface area contributed by atoms with Crippen LogP contribution in [0.5, 0.6) is 0 Å². The average molecular weight is 212 g/mol. The van der Waals surface area contributed by atoms with E-state index in [0.29, 0.717) is 0 Å². The largest absolute Gasteiger partial charge is 0.412 e. The summed E-state index contributed by atoms with van der Waals surface area (Å²) in [6.45, 7) is 5.54. The highest BCUT2D eigenvalue weighted by molar-refractivity contribution is 4.99. The van der Waals surface area contributed by atoms with Crippen molar-refractivity contribution in [2.45, 2.75) is 26.1 Å². The van der Waals surface area contributed by atoms with Crippen molar-refractivity contribution < 1.29 is 14.9 Å². The number of hydrogen-bond acceptors (Lipinski definition) is 2. The fourth-order valence-corrected chi connectivity index (χ4v) is 1.15. The standard InChI is InChI=1S/C6H12O2.C6H6.H2O/c1-3-6(2)7-4-5-8-6;1-2-4-6-5-3-1;/h3-5H2,1-2H3;1-6H;1H2. The van der Waals surface area contributed by atoms with Crippen molar-refractivity contribution >= 4 is 0 Å². The maximum Gasteiger partial charge on any atom is 0.165 e. The van der Waals surface area contributed by atoms with E-state index in [1.54, 1.807) is 0 Å². The van der Waals surface area contributed by atoms with Crippen LogP contribution in [-0.2, 0) is 9.47 Å². The third kappa shape index (κ3) is 5.52. The molecule has 86 valence electrons. The van der Waals surface area contributed by atoms with Crippen LogP contribution in [-0.4, -0.2) is 24.5 Å². The first-order chi connectivity index (χ1) is 6.77. The van der Waals surface area contributed by atoms with E-state index in [1.165, 1.54) is 0 Å². The molecule has 0 radical (unpaired) electrons. The first-order valence-electron chi connectivity index (χ1n) is 5.05. The minimum atomic E-state index is -0.264. The van der Waals surface area contributed by atoms with Crippen LogP contribution in [0, 0.1) is 0 Å². The van der Waals surface area contributed by atoms with Crippen LogP contribution in [0.1, 0.15) is 20.3 Å². The van der Waals surface area contributed by atoms with Gasteiger partial charge in [-0.3, -0.25) is 0 Å². The van der Waals surface area contributed by atoms with E-state index >= 15 is 0 Å². The Hall–Kier alpha value is -0.900. The van der Waals surface area contributed by atoms with E-state index in [0.717, 1.165) is 19.6 Å². The lowest BCUT2D eigenvalue weighted by Crippen LogP contribution is -2.23. The second-order valence-corrected chi connectivity index (χ2v) is 3.34. The van der Waals surface area contributed by atoms with Gasteiger partial charge in [0.1, 0.15) is 0 Å². The number of ether oxygens (including phenoxy) is 2. The van der Waals surface area contributed by atoms with E-state index in [2.05, 4.69) is 6.92 Å². The van der Waals surface area contributed by atoms with Crippen LogP contribution in [0.25, 0.3) is 0 Å². The van der Waals surface area contributed by atoms with E-state index < -0.39 is 0 Å². The summed E-state index contributed by atoms with van der Waals surface area (Å²) < 4.78 is 10.5. The summed E-state index contributed by atoms with van der Waals surface area (Å²) in [5, 5.41) is 0. The zero-order valence-electron chi connectivity index (χ0n) is 9.40. The second kappa shape index (κ2) is 7.40. The van der Waals surface area contributed by atoms with Gasteiger partial charge in [0.05, 0.1) is 13.2 Å². The summed E-state index contributed by atoms with van der Waals surface area (Å²) in [7, 11) is 0. The smallest absolute Gasteiger partial charge is 0.165 e. The topological polar surface area (TPSA) is 50.0 Å². The fourth-order valence-electron chi connectivity index (χ4n) is 1.15. The Morgan fingerprint density at radius 1 is 0.933 bits per heavy atom. The SMILES string of the molecule is CCC1(C)OCCO1.O.c1ccccc1. The Labute approximate surface area is 91.3 Å². The molecule has 1 heterocycles. The molecule has 15 heavy (non-hydrogen) atoms. The van der Waals surface area contributed by atoms with Gasteiger partial charge in [0, 0.05) is 0 Å². The zero-order chi connectivity index (χ0) is 10.3. The van der Waals surface area contributed by atoms with E-state index in [1.807, 2.05) is 43.3 Å². The molecule has 0 aliphatic carbocycles. The Bertz CT molecular complexity index is 203. The molecule has 0 amide bonds. The van der Waals surface area contributed by atoms with Crippen LogP contribution < -0.4 is 0 Å². The molecule has 0 spiro atoms. The lowest BCUT2D eigenvalue weighted by atomic mass is 10.2. The van der Waals surface area contributed by atoms with Crippen LogP contribution in [0.4, 0.5) is 0 Å². The molecule has 1 aromatic rings. The maximum absolute atomic E-state index is 5.27. The molecular formula is C12H20O3. The summed E-state index contributed by atoms with van der Waals surface area (Å²) >= 11 is 0. The predicted molar refractivity (Wildman–Crippen MR) is 60.7 cm³/mol. The molecule has 3 heteroatoms. The van der Waals surface area contributed by atoms with Gasteiger partial charge in [-0.1, -0.05) is 43.3 Å². The van der Waals surface area contributed by atoms with Gasteiger partial charge in [-0.2, -0.15) is 0 Å². The zero-order valence-corrected chi connectivity index (χ0v) is 9.40. The number of benzene rings is 1. The maximum atomic E-state index is 5.27. The highest BCUT2D eigenvalue weighted by Gasteiger charge is 2.27. The molecule has 1 saturated heterocycles. The third-order valence-corrected chi connectivity index (χ3v) is 2.21. The Morgan fingerprint density at radius 2 is 1.27 bits per heavy atom. The highest BCUT2D eigenvalue weighted by atomic mass is 16.7. The molecule has 2 N–H and O–H groups in total. The minimum Gasteiger partial charge on any atom is -0.412 e. The molecule has 1 aliphatic heterocycles. The van der Waals surface area contributed by atoms with Crippen molar-refractivity contribution in [3.63, 3.8) is 0 Å². The summed E-state index contributed by atoms with van der Waals surface area (Å²) in [4.78, 5) is 0. The van der Waals surface area contributed by atoms with Gasteiger partial charge in [0.25, 0.3) is 0 Å². The van der Waals surface area contributed by atoms with Crippen LogP contribution >= 0.6 is 0 Å². The number of rotatable bonds is 1. The van der Waals surface area contributed by atoms with E-state index in [-0.39, 0.29) is 11.3 Å². The molecule has 3 nitrogen and oxygen atoms in total. The van der Waals surface area contributed by atoms with Crippen molar-refractivity contribution in [2.75, 3.05) is 13.2 Å². The summed E-state index contributed by atoms with van der Waals surface area (Å²) in [6, 6.07) is 12.0. The molecule has 0 bridgehead atoms. The summed E-state index contributed by atoms with van der Waals surface area (Å²) in [5.74, 6) is -0.264. The van der Waals surface area contributed by atoms with Crippen LogP contribution in [0.2, 0.25) is 0 Å². The molecule has 1 aliphatic rings. The molecule has 1 aromatic carbocycles. The van der Waals surface area contributed by atoms with Gasteiger partial charge in [-0.05, 0) is 13.3 Å². The van der Waals surface area contributed by atoms with Gasteiger partial charge < -0.3 is 14.9 Å². The van der Waals surface area contributed by atoms with Crippen molar-refractivity contribution in [3.05, 3.63) is 36.4 Å². The first kappa shape index (κ1) is 14.1. The lowest BCUT2D eigenvalue weighted by molar-refractivity contribution is -0.143. The quantitative estimate of drug-likeness (QED) is 0.715. The van der Waals surface area contributed by atoms with E-state index in [4.69, 9.17) is 9.47 Å². The summed E-state index contributed by atoms with van der Waals surface area (Å²) in [6.07, 6.45) is 0.938. The molecule has 0 atom stereocenters. The van der Waals surface area contributed by atoms with Crippen LogP contribution in [0.3, 0.4) is 0 Å². The van der Waals surface area contributed by atoms with Crippen molar-refractivity contribution in [3.8, 4) is 0 Å². The third-order valence-electron chi connectivity index (χ3n) is 2.21. The Morgan fingerprint density at radius 3 is 1.47 bits per heavy atom. The molecule has 2 rings (SSSR count). The number of hydrogen-bond donors (Lipinski definition) is 0. The fraction of sp³-hybridized carbons (Fsp3) is 0.500. The molecule has 0 saturated carbocycles. The lowest BCUT2D eigenvalue weighted by Gasteiger charge is -2.18. The van der Waals surface area contributed by atoms with Gasteiger partial charge in [0.15, 0.2) is 5.79 Å². The first-order valence-corrected chi connectivity index (χ1v) is 5.05. The Balaban J connectivity index is 0.000000253. The molecular weight excluding hydrogens is 192 g/mol. The Kier molecular flexibility index (Phi) is 6.96. The van der Waals surface area contributed by atoms with Crippen molar-refractivity contribution in [1.82, 2.24) is 0 Å². The van der Waals surface area contributed by atoms with E-state index in [9.17, 15) is 0 Å². The van der Waals surface area contributed by atoms with Gasteiger partial charge in [-0.25, -0.2) is 0 Å². The highest BCUT2D eigenvalue weighted by Crippen LogP contribution is 2.21. The van der Waals surface area contributed by atoms with Crippen molar-refractivity contribution in [2.24, 2.45) is 0 Å². The normalized spacial score (nSPS) is 17.2. The molecule has 0 unspecified atom stereocenters. The minimum absolute atomic E-state index is 0. The molecule has 1 fully saturated rings. The summed E-state index contributed by atoms with van der Waals surface area (Å²) in [5.41, 5.74) is 0.